The van der Waals surface area contributed by atoms with Crippen LogP contribution in [0.4, 0.5) is 5.82 Å². The molecule has 132 valence electrons. The molecule has 0 atom stereocenters. The van der Waals surface area contributed by atoms with Crippen molar-refractivity contribution in [3.05, 3.63) is 53.5 Å². The van der Waals surface area contributed by atoms with Crippen LogP contribution in [0.2, 0.25) is 0 Å². The molecule has 26 heavy (non-hydrogen) atoms. The molecule has 0 unspecified atom stereocenters. The van der Waals surface area contributed by atoms with E-state index in [-0.39, 0.29) is 6.04 Å². The molecule has 0 spiro atoms. The second-order valence-electron chi connectivity index (χ2n) is 6.20. The zero-order chi connectivity index (χ0) is 18.1. The van der Waals surface area contributed by atoms with E-state index >= 15 is 0 Å². The largest absolute Gasteiger partial charge is 0.463 e. The molecule has 2 N–H and O–H groups in total. The summed E-state index contributed by atoms with van der Waals surface area (Å²) in [6.07, 6.45) is 6.18. The molecule has 0 aliphatic heterocycles. The number of nitrogen functional groups attached to an aromatic ring is 1. The van der Waals surface area contributed by atoms with Crippen LogP contribution in [0.5, 0.6) is 0 Å². The molecule has 3 aromatic rings. The zero-order valence-electron chi connectivity index (χ0n) is 14.4. The lowest BCUT2D eigenvalue weighted by atomic mass is 10.1. The number of fused-ring (bicyclic) bond motifs is 2. The van der Waals surface area contributed by atoms with Crippen LogP contribution in [0.25, 0.3) is 17.1 Å². The van der Waals surface area contributed by atoms with Crippen LogP contribution in [-0.2, 0) is 22.4 Å². The minimum absolute atomic E-state index is 0.161. The molecule has 7 heteroatoms. The SMILES string of the molecule is CCOC(=O)/C=C/c1nn(C2Cc3ccccc3C2)c2ncnc(N)c12. The highest BCUT2D eigenvalue weighted by atomic mass is 16.5. The van der Waals surface area contributed by atoms with E-state index in [1.165, 1.54) is 23.5 Å². The summed E-state index contributed by atoms with van der Waals surface area (Å²) in [5, 5.41) is 5.34. The quantitative estimate of drug-likeness (QED) is 0.574. The van der Waals surface area contributed by atoms with Crippen molar-refractivity contribution in [2.24, 2.45) is 0 Å². The summed E-state index contributed by atoms with van der Waals surface area (Å²) in [5.74, 6) is -0.0702. The average Bonchev–Trinajstić information content (AvgIpc) is 3.22. The number of carbonyl (C=O) groups is 1. The number of carbonyl (C=O) groups excluding carboxylic acids is 1. The molecule has 0 bridgehead atoms. The Bertz CT molecular complexity index is 983. The van der Waals surface area contributed by atoms with Gasteiger partial charge in [-0.05, 0) is 37.0 Å². The number of anilines is 1. The number of aromatic nitrogens is 4. The molecular formula is C19H19N5O2. The summed E-state index contributed by atoms with van der Waals surface area (Å²) < 4.78 is 6.83. The molecule has 2 heterocycles. The van der Waals surface area contributed by atoms with Gasteiger partial charge in [-0.1, -0.05) is 24.3 Å². The molecular weight excluding hydrogens is 330 g/mol. The Hall–Kier alpha value is -3.22. The van der Waals surface area contributed by atoms with Gasteiger partial charge in [-0.2, -0.15) is 5.10 Å². The Morgan fingerprint density at radius 2 is 2.04 bits per heavy atom. The van der Waals surface area contributed by atoms with Crippen molar-refractivity contribution in [1.29, 1.82) is 0 Å². The minimum atomic E-state index is -0.418. The molecule has 1 aromatic carbocycles. The van der Waals surface area contributed by atoms with Gasteiger partial charge in [0.25, 0.3) is 0 Å². The Morgan fingerprint density at radius 1 is 1.31 bits per heavy atom. The summed E-state index contributed by atoms with van der Waals surface area (Å²) in [5.41, 5.74) is 9.97. The summed E-state index contributed by atoms with van der Waals surface area (Å²) in [6.45, 7) is 2.09. The first-order chi connectivity index (χ1) is 12.7. The van der Waals surface area contributed by atoms with Crippen molar-refractivity contribution in [2.75, 3.05) is 12.3 Å². The van der Waals surface area contributed by atoms with Gasteiger partial charge in [0.2, 0.25) is 0 Å². The number of benzene rings is 1. The highest BCUT2D eigenvalue weighted by molar-refractivity contribution is 5.96. The fourth-order valence-electron chi connectivity index (χ4n) is 3.44. The van der Waals surface area contributed by atoms with Gasteiger partial charge in [0.1, 0.15) is 12.1 Å². The zero-order valence-corrected chi connectivity index (χ0v) is 14.4. The number of ether oxygens (including phenoxy) is 1. The fourth-order valence-corrected chi connectivity index (χ4v) is 3.44. The first-order valence-electron chi connectivity index (χ1n) is 8.57. The molecule has 0 saturated carbocycles. The highest BCUT2D eigenvalue weighted by Gasteiger charge is 2.26. The normalized spacial score (nSPS) is 14.2. The smallest absolute Gasteiger partial charge is 0.330 e. The van der Waals surface area contributed by atoms with Gasteiger partial charge in [-0.15, -0.1) is 0 Å². The first kappa shape index (κ1) is 16.3. The van der Waals surface area contributed by atoms with E-state index in [9.17, 15) is 4.79 Å². The van der Waals surface area contributed by atoms with Gasteiger partial charge in [0.15, 0.2) is 5.65 Å². The van der Waals surface area contributed by atoms with E-state index in [4.69, 9.17) is 10.5 Å². The van der Waals surface area contributed by atoms with Gasteiger partial charge in [0.05, 0.1) is 23.7 Å². The predicted octanol–water partition coefficient (Wildman–Crippen LogP) is 2.32. The van der Waals surface area contributed by atoms with E-state index in [0.717, 1.165) is 12.8 Å². The Morgan fingerprint density at radius 3 is 2.73 bits per heavy atom. The molecule has 1 aliphatic rings. The second kappa shape index (κ2) is 6.59. The average molecular weight is 349 g/mol. The number of nitrogens with two attached hydrogens (primary N) is 1. The number of esters is 1. The van der Waals surface area contributed by atoms with Crippen molar-refractivity contribution in [1.82, 2.24) is 19.7 Å². The molecule has 1 aliphatic carbocycles. The van der Waals surface area contributed by atoms with Gasteiger partial charge in [-0.25, -0.2) is 19.4 Å². The summed E-state index contributed by atoms with van der Waals surface area (Å²) >= 11 is 0. The van der Waals surface area contributed by atoms with Crippen molar-refractivity contribution in [3.8, 4) is 0 Å². The van der Waals surface area contributed by atoms with E-state index < -0.39 is 5.97 Å². The Balaban J connectivity index is 1.75. The van der Waals surface area contributed by atoms with Gasteiger partial charge in [0, 0.05) is 6.08 Å². The maximum Gasteiger partial charge on any atom is 0.330 e. The number of nitrogens with zero attached hydrogens (tertiary/aromatic N) is 4. The molecule has 0 amide bonds. The third kappa shape index (κ3) is 2.81. The fraction of sp³-hybridized carbons (Fsp3) is 0.263. The molecule has 7 nitrogen and oxygen atoms in total. The second-order valence-corrected chi connectivity index (χ2v) is 6.20. The molecule has 4 rings (SSSR count). The predicted molar refractivity (Wildman–Crippen MR) is 98.3 cm³/mol. The van der Waals surface area contributed by atoms with Gasteiger partial charge >= 0.3 is 5.97 Å². The summed E-state index contributed by atoms with van der Waals surface area (Å²) in [4.78, 5) is 20.1. The van der Waals surface area contributed by atoms with Crippen LogP contribution in [0.3, 0.4) is 0 Å². The summed E-state index contributed by atoms with van der Waals surface area (Å²) in [7, 11) is 0. The van der Waals surface area contributed by atoms with Crippen molar-refractivity contribution < 1.29 is 9.53 Å². The standard InChI is InChI=1S/C19H19N5O2/c1-2-26-16(25)8-7-15-17-18(20)21-11-22-19(17)24(23-15)14-9-12-5-3-4-6-13(12)10-14/h3-8,11,14H,2,9-10H2,1H3,(H2,20,21,22)/b8-7+. The van der Waals surface area contributed by atoms with E-state index in [1.807, 2.05) is 4.68 Å². The van der Waals surface area contributed by atoms with Crippen LogP contribution in [-0.4, -0.2) is 32.3 Å². The summed E-state index contributed by atoms with van der Waals surface area (Å²) in [6, 6.07) is 8.55. The highest BCUT2D eigenvalue weighted by Crippen LogP contribution is 2.33. The van der Waals surface area contributed by atoms with Crippen molar-refractivity contribution >= 4 is 28.9 Å². The first-order valence-corrected chi connectivity index (χ1v) is 8.57. The van der Waals surface area contributed by atoms with Crippen LogP contribution in [0.1, 0.15) is 29.8 Å². The topological polar surface area (TPSA) is 95.9 Å². The lowest BCUT2D eigenvalue weighted by molar-refractivity contribution is -0.137. The van der Waals surface area contributed by atoms with Gasteiger partial charge < -0.3 is 10.5 Å². The Kier molecular flexibility index (Phi) is 4.12. The van der Waals surface area contributed by atoms with Crippen molar-refractivity contribution in [2.45, 2.75) is 25.8 Å². The van der Waals surface area contributed by atoms with Crippen LogP contribution in [0.15, 0.2) is 36.7 Å². The van der Waals surface area contributed by atoms with Crippen LogP contribution in [0, 0.1) is 0 Å². The van der Waals surface area contributed by atoms with E-state index in [2.05, 4.69) is 39.3 Å². The van der Waals surface area contributed by atoms with Crippen molar-refractivity contribution in [3.63, 3.8) is 0 Å². The number of hydrogen-bond donors (Lipinski definition) is 1. The molecule has 0 radical (unpaired) electrons. The van der Waals surface area contributed by atoms with Crippen LogP contribution < -0.4 is 5.73 Å². The van der Waals surface area contributed by atoms with Crippen LogP contribution >= 0.6 is 0 Å². The van der Waals surface area contributed by atoms with Gasteiger partial charge in [-0.3, -0.25) is 0 Å². The number of hydrogen-bond acceptors (Lipinski definition) is 6. The third-order valence-electron chi connectivity index (χ3n) is 4.58. The third-order valence-corrected chi connectivity index (χ3v) is 4.58. The molecule has 2 aromatic heterocycles. The molecule has 0 fully saturated rings. The maximum atomic E-state index is 11.6. The van der Waals surface area contributed by atoms with E-state index in [1.54, 1.807) is 13.0 Å². The Labute approximate surface area is 150 Å². The number of rotatable bonds is 4. The monoisotopic (exact) mass is 349 g/mol. The van der Waals surface area contributed by atoms with E-state index in [0.29, 0.717) is 29.2 Å². The lowest BCUT2D eigenvalue weighted by Gasteiger charge is -2.10. The lowest BCUT2D eigenvalue weighted by Crippen LogP contribution is -2.11. The minimum Gasteiger partial charge on any atom is -0.463 e. The molecule has 0 saturated heterocycles. The maximum absolute atomic E-state index is 11.6.